The second kappa shape index (κ2) is 8.70. The van der Waals surface area contributed by atoms with E-state index >= 15 is 0 Å². The normalized spacial score (nSPS) is 24.4. The minimum atomic E-state index is 0.301. The molecule has 0 aromatic rings. The molecule has 19 heavy (non-hydrogen) atoms. The first-order chi connectivity index (χ1) is 9.02. The molecule has 1 rings (SSSR count). The Kier molecular flexibility index (Phi) is 7.62. The molecule has 0 N–H and O–H groups in total. The van der Waals surface area contributed by atoms with Crippen LogP contribution in [0.4, 0.5) is 0 Å². The van der Waals surface area contributed by atoms with E-state index in [9.17, 15) is 4.79 Å². The summed E-state index contributed by atoms with van der Waals surface area (Å²) in [6, 6.07) is 0. The molecule has 0 bridgehead atoms. The number of carbonyl (C=O) groups is 1. The zero-order valence-electron chi connectivity index (χ0n) is 13.3. The highest BCUT2D eigenvalue weighted by Gasteiger charge is 2.28. The maximum Gasteiger partial charge on any atom is 0.137 e. The average Bonchev–Trinajstić information content (AvgIpc) is 2.33. The lowest BCUT2D eigenvalue weighted by atomic mass is 9.78. The number of carbonyl (C=O) groups excluding carboxylic acids is 1. The molecule has 1 saturated carbocycles. The molecule has 0 radical (unpaired) electrons. The van der Waals surface area contributed by atoms with Crippen LogP contribution < -0.4 is 0 Å². The number of Topliss-reactive ketones (excluding diaryl/α,β-unsaturated/α-hetero) is 1. The van der Waals surface area contributed by atoms with Crippen molar-refractivity contribution in [2.45, 2.75) is 45.4 Å². The number of hydrogen-bond donors (Lipinski definition) is 0. The van der Waals surface area contributed by atoms with Crippen molar-refractivity contribution in [2.24, 2.45) is 11.8 Å². The summed E-state index contributed by atoms with van der Waals surface area (Å²) in [5.41, 5.74) is 0. The Morgan fingerprint density at radius 3 is 2.58 bits per heavy atom. The predicted octanol–water partition coefficient (Wildman–Crippen LogP) is 2.66. The molecule has 3 nitrogen and oxygen atoms in total. The second-order valence-corrected chi connectivity index (χ2v) is 6.51. The van der Waals surface area contributed by atoms with Gasteiger partial charge in [-0.3, -0.25) is 4.79 Å². The first kappa shape index (κ1) is 16.6. The highest BCUT2D eigenvalue weighted by molar-refractivity contribution is 5.81. The Bertz CT molecular complexity index is 265. The van der Waals surface area contributed by atoms with Crippen LogP contribution in [0.5, 0.6) is 0 Å². The van der Waals surface area contributed by atoms with Gasteiger partial charge in [0.15, 0.2) is 0 Å². The summed E-state index contributed by atoms with van der Waals surface area (Å²) in [6.07, 6.45) is 6.82. The summed E-state index contributed by atoms with van der Waals surface area (Å²) in [5.74, 6) is 1.60. The second-order valence-electron chi connectivity index (χ2n) is 6.51. The summed E-state index contributed by atoms with van der Waals surface area (Å²) in [5, 5.41) is 0. The number of rotatable bonds is 8. The Hall–Kier alpha value is -0.410. The van der Waals surface area contributed by atoms with Gasteiger partial charge >= 0.3 is 0 Å². The molecule has 2 atom stereocenters. The molecule has 0 spiro atoms. The fourth-order valence-electron chi connectivity index (χ4n) is 3.17. The molecule has 0 aromatic heterocycles. The van der Waals surface area contributed by atoms with Gasteiger partial charge in [0.1, 0.15) is 5.78 Å². The zero-order chi connectivity index (χ0) is 14.3. The highest BCUT2D eigenvalue weighted by Crippen LogP contribution is 2.30. The smallest absolute Gasteiger partial charge is 0.137 e. The number of ketones is 1. The minimum absolute atomic E-state index is 0.301. The summed E-state index contributed by atoms with van der Waals surface area (Å²) in [4.78, 5) is 16.6. The van der Waals surface area contributed by atoms with Crippen LogP contribution in [-0.4, -0.2) is 56.4 Å². The van der Waals surface area contributed by atoms with Crippen molar-refractivity contribution < 1.29 is 4.79 Å². The van der Waals surface area contributed by atoms with Gasteiger partial charge in [0, 0.05) is 18.9 Å². The van der Waals surface area contributed by atoms with Gasteiger partial charge in [-0.15, -0.1) is 0 Å². The summed E-state index contributed by atoms with van der Waals surface area (Å²) >= 11 is 0. The summed E-state index contributed by atoms with van der Waals surface area (Å²) < 4.78 is 0. The monoisotopic (exact) mass is 268 g/mol. The van der Waals surface area contributed by atoms with E-state index in [0.29, 0.717) is 11.7 Å². The van der Waals surface area contributed by atoms with Crippen molar-refractivity contribution in [1.82, 2.24) is 9.80 Å². The molecular formula is C16H32N2O. The van der Waals surface area contributed by atoms with E-state index < -0.39 is 0 Å². The lowest BCUT2D eigenvalue weighted by Crippen LogP contribution is -2.35. The molecule has 1 fully saturated rings. The topological polar surface area (TPSA) is 23.6 Å². The molecule has 112 valence electrons. The van der Waals surface area contributed by atoms with Crippen LogP contribution in [0.2, 0.25) is 0 Å². The van der Waals surface area contributed by atoms with Gasteiger partial charge in [-0.2, -0.15) is 0 Å². The first-order valence-electron chi connectivity index (χ1n) is 7.89. The van der Waals surface area contributed by atoms with Crippen LogP contribution in [0, 0.1) is 11.8 Å². The van der Waals surface area contributed by atoms with E-state index in [-0.39, 0.29) is 0 Å². The van der Waals surface area contributed by atoms with Crippen LogP contribution in [0.1, 0.15) is 45.4 Å². The molecule has 0 heterocycles. The SMILES string of the molecule is CCCC1CCC(=O)C(CN(C)CCCN(C)C)C1. The number of hydrogen-bond acceptors (Lipinski definition) is 3. The first-order valence-corrected chi connectivity index (χ1v) is 7.89. The largest absolute Gasteiger partial charge is 0.309 e. The zero-order valence-corrected chi connectivity index (χ0v) is 13.3. The fraction of sp³-hybridized carbons (Fsp3) is 0.938. The van der Waals surface area contributed by atoms with Crippen LogP contribution in [0.3, 0.4) is 0 Å². The van der Waals surface area contributed by atoms with Gasteiger partial charge in [0.05, 0.1) is 0 Å². The Balaban J connectivity index is 2.30. The lowest BCUT2D eigenvalue weighted by molar-refractivity contribution is -0.126. The summed E-state index contributed by atoms with van der Waals surface area (Å²) in [6.45, 7) is 5.44. The molecule has 0 amide bonds. The van der Waals surface area contributed by atoms with Crippen molar-refractivity contribution in [3.63, 3.8) is 0 Å². The third-order valence-electron chi connectivity index (χ3n) is 4.25. The molecule has 1 aliphatic carbocycles. The van der Waals surface area contributed by atoms with Gasteiger partial charge in [-0.05, 0) is 59.4 Å². The maximum absolute atomic E-state index is 12.0. The van der Waals surface area contributed by atoms with Gasteiger partial charge < -0.3 is 9.80 Å². The average molecular weight is 268 g/mol. The van der Waals surface area contributed by atoms with Gasteiger partial charge in [-0.1, -0.05) is 19.8 Å². The van der Waals surface area contributed by atoms with Crippen LogP contribution in [0.25, 0.3) is 0 Å². The van der Waals surface area contributed by atoms with Crippen molar-refractivity contribution >= 4 is 5.78 Å². The number of nitrogens with zero attached hydrogens (tertiary/aromatic N) is 2. The molecule has 0 aliphatic heterocycles. The quantitative estimate of drug-likeness (QED) is 0.676. The fourth-order valence-corrected chi connectivity index (χ4v) is 3.17. The van der Waals surface area contributed by atoms with Crippen LogP contribution in [-0.2, 0) is 4.79 Å². The van der Waals surface area contributed by atoms with E-state index in [4.69, 9.17) is 0 Å². The third kappa shape index (κ3) is 6.53. The summed E-state index contributed by atoms with van der Waals surface area (Å²) in [7, 11) is 6.38. The van der Waals surface area contributed by atoms with Crippen molar-refractivity contribution in [3.8, 4) is 0 Å². The standard InChI is InChI=1S/C16H32N2O/c1-5-7-14-8-9-16(19)15(12-14)13-18(4)11-6-10-17(2)3/h14-15H,5-13H2,1-4H3. The molecular weight excluding hydrogens is 236 g/mol. The molecule has 2 unspecified atom stereocenters. The molecule has 0 saturated heterocycles. The van der Waals surface area contributed by atoms with Crippen molar-refractivity contribution in [2.75, 3.05) is 40.8 Å². The van der Waals surface area contributed by atoms with Gasteiger partial charge in [0.25, 0.3) is 0 Å². The lowest BCUT2D eigenvalue weighted by Gasteiger charge is -2.31. The molecule has 1 aliphatic rings. The van der Waals surface area contributed by atoms with E-state index in [1.54, 1.807) is 0 Å². The Labute approximate surface area is 119 Å². The van der Waals surface area contributed by atoms with E-state index in [1.807, 2.05) is 0 Å². The molecule has 0 aromatic carbocycles. The maximum atomic E-state index is 12.0. The van der Waals surface area contributed by atoms with Gasteiger partial charge in [-0.25, -0.2) is 0 Å². The van der Waals surface area contributed by atoms with Crippen molar-refractivity contribution in [1.29, 1.82) is 0 Å². The van der Waals surface area contributed by atoms with E-state index in [1.165, 1.54) is 19.3 Å². The minimum Gasteiger partial charge on any atom is -0.309 e. The van der Waals surface area contributed by atoms with Crippen molar-refractivity contribution in [3.05, 3.63) is 0 Å². The van der Waals surface area contributed by atoms with E-state index in [0.717, 1.165) is 44.8 Å². The predicted molar refractivity (Wildman–Crippen MR) is 81.4 cm³/mol. The van der Waals surface area contributed by atoms with Crippen LogP contribution in [0.15, 0.2) is 0 Å². The highest BCUT2D eigenvalue weighted by atomic mass is 16.1. The third-order valence-corrected chi connectivity index (χ3v) is 4.25. The van der Waals surface area contributed by atoms with E-state index in [2.05, 4.69) is 37.9 Å². The Morgan fingerprint density at radius 1 is 1.21 bits per heavy atom. The molecule has 3 heteroatoms. The van der Waals surface area contributed by atoms with Gasteiger partial charge in [0.2, 0.25) is 0 Å². The van der Waals surface area contributed by atoms with Crippen LogP contribution >= 0.6 is 0 Å². The Morgan fingerprint density at radius 2 is 1.95 bits per heavy atom.